The molecule has 0 saturated heterocycles. The van der Waals surface area contributed by atoms with Gasteiger partial charge in [0.05, 0.1) is 12.1 Å². The van der Waals surface area contributed by atoms with Gasteiger partial charge < -0.3 is 20.7 Å². The molecule has 1 atom stereocenters. The second kappa shape index (κ2) is 15.6. The van der Waals surface area contributed by atoms with Gasteiger partial charge in [-0.1, -0.05) is 72.3 Å². The predicted octanol–water partition coefficient (Wildman–Crippen LogP) is 7.63. The van der Waals surface area contributed by atoms with Crippen molar-refractivity contribution >= 4 is 58.7 Å². The van der Waals surface area contributed by atoms with Gasteiger partial charge in [-0.25, -0.2) is 4.98 Å². The number of hydrogen-bond acceptors (Lipinski definition) is 6. The van der Waals surface area contributed by atoms with Crippen molar-refractivity contribution < 1.29 is 19.1 Å². The molecule has 0 bridgehead atoms. The molecule has 230 valence electrons. The van der Waals surface area contributed by atoms with Crippen LogP contribution < -0.4 is 20.7 Å². The van der Waals surface area contributed by atoms with Crippen molar-refractivity contribution in [3.05, 3.63) is 155 Å². The van der Waals surface area contributed by atoms with Gasteiger partial charge in [0.2, 0.25) is 5.91 Å². The first-order valence-electron chi connectivity index (χ1n) is 14.2. The van der Waals surface area contributed by atoms with Crippen LogP contribution in [-0.4, -0.2) is 29.8 Å². The highest BCUT2D eigenvalue weighted by Gasteiger charge is 2.23. The maximum Gasteiger partial charge on any atom is 0.272 e. The zero-order valence-electron chi connectivity index (χ0n) is 24.6. The molecule has 10 heteroatoms. The summed E-state index contributed by atoms with van der Waals surface area (Å²) in [6.45, 7) is 0. The molecule has 1 aromatic heterocycles. The summed E-state index contributed by atoms with van der Waals surface area (Å²) < 4.78 is 5.22. The molecule has 0 aliphatic heterocycles. The summed E-state index contributed by atoms with van der Waals surface area (Å²) in [7, 11) is 1.57. The van der Waals surface area contributed by atoms with Gasteiger partial charge in [-0.2, -0.15) is 0 Å². The summed E-state index contributed by atoms with van der Waals surface area (Å²) in [6.07, 6.45) is 3.07. The van der Waals surface area contributed by atoms with Crippen LogP contribution in [0.5, 0.6) is 5.75 Å². The average Bonchev–Trinajstić information content (AvgIpc) is 3.09. The Morgan fingerprint density at radius 1 is 0.804 bits per heavy atom. The van der Waals surface area contributed by atoms with Gasteiger partial charge in [-0.05, 0) is 77.9 Å². The molecule has 0 aliphatic rings. The van der Waals surface area contributed by atoms with Gasteiger partial charge in [0.25, 0.3) is 11.8 Å². The summed E-state index contributed by atoms with van der Waals surface area (Å²) in [5.41, 5.74) is 2.51. The molecule has 46 heavy (non-hydrogen) atoms. The van der Waals surface area contributed by atoms with Crippen LogP contribution in [0.3, 0.4) is 0 Å². The maximum atomic E-state index is 13.4. The van der Waals surface area contributed by atoms with Gasteiger partial charge in [-0.15, -0.1) is 11.8 Å². The monoisotopic (exact) mass is 648 g/mol. The van der Waals surface area contributed by atoms with Crippen LogP contribution in [0.1, 0.15) is 26.7 Å². The van der Waals surface area contributed by atoms with E-state index in [2.05, 4.69) is 20.9 Å². The number of halogens is 1. The van der Waals surface area contributed by atoms with Crippen LogP contribution in [0, 0.1) is 0 Å². The number of ether oxygens (including phenoxy) is 1. The fourth-order valence-electron chi connectivity index (χ4n) is 4.30. The number of methoxy groups -OCH3 is 1. The number of thioether (sulfide) groups is 1. The Bertz CT molecular complexity index is 1820. The number of benzene rings is 4. The highest BCUT2D eigenvalue weighted by Crippen LogP contribution is 2.36. The van der Waals surface area contributed by atoms with Crippen molar-refractivity contribution in [1.29, 1.82) is 0 Å². The van der Waals surface area contributed by atoms with E-state index in [1.165, 1.54) is 18.0 Å². The molecule has 5 rings (SSSR count). The molecular formula is C36H29ClN4O4S. The summed E-state index contributed by atoms with van der Waals surface area (Å²) in [4.78, 5) is 44.7. The Morgan fingerprint density at radius 2 is 1.48 bits per heavy atom. The lowest BCUT2D eigenvalue weighted by molar-refractivity contribution is -0.116. The largest absolute Gasteiger partial charge is 0.497 e. The molecular weight excluding hydrogens is 620 g/mol. The lowest BCUT2D eigenvalue weighted by Crippen LogP contribution is -2.30. The summed E-state index contributed by atoms with van der Waals surface area (Å²) in [5.74, 6) is -0.0976. The minimum atomic E-state index is -0.577. The average molecular weight is 649 g/mol. The van der Waals surface area contributed by atoms with E-state index in [4.69, 9.17) is 16.3 Å². The number of rotatable bonds is 11. The molecule has 3 amide bonds. The lowest BCUT2D eigenvalue weighted by Gasteiger charge is -2.17. The predicted molar refractivity (Wildman–Crippen MR) is 183 cm³/mol. The fourth-order valence-corrected chi connectivity index (χ4v) is 5.44. The third-order valence-corrected chi connectivity index (χ3v) is 8.13. The second-order valence-electron chi connectivity index (χ2n) is 9.89. The third-order valence-electron chi connectivity index (χ3n) is 6.64. The summed E-state index contributed by atoms with van der Waals surface area (Å²) >= 11 is 7.30. The number of nitrogens with one attached hydrogen (secondary N) is 3. The number of carbonyl (C=O) groups excluding carboxylic acids is 3. The van der Waals surface area contributed by atoms with E-state index in [1.807, 2.05) is 48.5 Å². The van der Waals surface area contributed by atoms with Crippen LogP contribution in [0.4, 0.5) is 11.5 Å². The highest BCUT2D eigenvalue weighted by molar-refractivity contribution is 8.00. The van der Waals surface area contributed by atoms with Gasteiger partial charge in [0.1, 0.15) is 22.5 Å². The quantitative estimate of drug-likeness (QED) is 0.100. The van der Waals surface area contributed by atoms with Crippen molar-refractivity contribution in [3.63, 3.8) is 0 Å². The number of nitrogens with zero attached hydrogens (tertiary/aromatic N) is 1. The van der Waals surface area contributed by atoms with Crippen LogP contribution in [0.15, 0.2) is 138 Å². The van der Waals surface area contributed by atoms with Crippen molar-refractivity contribution in [2.45, 2.75) is 10.1 Å². The molecule has 0 aliphatic carbocycles. The number of carbonyl (C=O) groups is 3. The van der Waals surface area contributed by atoms with Gasteiger partial charge in [-0.3, -0.25) is 14.4 Å². The zero-order chi connectivity index (χ0) is 32.3. The zero-order valence-corrected chi connectivity index (χ0v) is 26.2. The minimum Gasteiger partial charge on any atom is -0.497 e. The van der Waals surface area contributed by atoms with Gasteiger partial charge in [0.15, 0.2) is 0 Å². The van der Waals surface area contributed by atoms with Crippen molar-refractivity contribution in [1.82, 2.24) is 10.3 Å². The first kappa shape index (κ1) is 32.0. The van der Waals surface area contributed by atoms with Crippen LogP contribution >= 0.6 is 23.4 Å². The Kier molecular flexibility index (Phi) is 10.8. The molecule has 0 spiro atoms. The van der Waals surface area contributed by atoms with Crippen LogP contribution in [0.2, 0.25) is 5.02 Å². The number of anilines is 2. The van der Waals surface area contributed by atoms with E-state index >= 15 is 0 Å². The SMILES string of the molecule is COc1ccc(/C=C(\NC(=O)c2ccccc2)C(=O)Nc2ccc(SC(C(=O)Nc3ccc(Cl)cn3)c3ccccc3)cc2)cc1. The first-order valence-corrected chi connectivity index (χ1v) is 15.4. The molecule has 5 aromatic rings. The maximum absolute atomic E-state index is 13.4. The molecule has 1 heterocycles. The smallest absolute Gasteiger partial charge is 0.272 e. The van der Waals surface area contributed by atoms with E-state index in [0.29, 0.717) is 33.4 Å². The summed E-state index contributed by atoms with van der Waals surface area (Å²) in [5, 5.41) is 8.35. The topological polar surface area (TPSA) is 109 Å². The number of pyridine rings is 1. The van der Waals surface area contributed by atoms with E-state index in [0.717, 1.165) is 10.5 Å². The van der Waals surface area contributed by atoms with E-state index < -0.39 is 17.1 Å². The van der Waals surface area contributed by atoms with Crippen LogP contribution in [0.25, 0.3) is 6.08 Å². The van der Waals surface area contributed by atoms with E-state index in [1.54, 1.807) is 86.0 Å². The Balaban J connectivity index is 1.32. The van der Waals surface area contributed by atoms with Crippen LogP contribution in [-0.2, 0) is 9.59 Å². The van der Waals surface area contributed by atoms with Gasteiger partial charge in [0, 0.05) is 22.3 Å². The number of aromatic nitrogens is 1. The van der Waals surface area contributed by atoms with Crippen molar-refractivity contribution in [2.75, 3.05) is 17.7 Å². The summed E-state index contributed by atoms with van der Waals surface area (Å²) in [6, 6.07) is 35.6. The van der Waals surface area contributed by atoms with Gasteiger partial charge >= 0.3 is 0 Å². The Labute approximate surface area is 275 Å². The molecule has 0 radical (unpaired) electrons. The molecule has 4 aromatic carbocycles. The highest BCUT2D eigenvalue weighted by atomic mass is 35.5. The number of amides is 3. The molecule has 8 nitrogen and oxygen atoms in total. The normalized spacial score (nSPS) is 11.7. The third kappa shape index (κ3) is 8.84. The van der Waals surface area contributed by atoms with Crippen molar-refractivity contribution in [2.24, 2.45) is 0 Å². The van der Waals surface area contributed by atoms with E-state index in [9.17, 15) is 14.4 Å². The second-order valence-corrected chi connectivity index (χ2v) is 11.5. The molecule has 1 unspecified atom stereocenters. The standard InChI is InChI=1S/C36H29ClN4O4S/c1-45-29-17-12-24(13-18-29)22-31(40-34(42)26-10-6-3-7-11-26)35(43)39-28-15-19-30(20-16-28)46-33(25-8-4-2-5-9-25)36(44)41-32-21-14-27(37)23-38-32/h2-23,33H,1H3,(H,39,43)(H,40,42)(H,38,41,44)/b31-22-. The Morgan fingerprint density at radius 3 is 2.11 bits per heavy atom. The molecule has 3 N–H and O–H groups in total. The number of hydrogen-bond donors (Lipinski definition) is 3. The van der Waals surface area contributed by atoms with Crippen molar-refractivity contribution in [3.8, 4) is 5.75 Å². The lowest BCUT2D eigenvalue weighted by atomic mass is 10.1. The molecule has 0 fully saturated rings. The minimum absolute atomic E-state index is 0.0640. The van der Waals surface area contributed by atoms with E-state index in [-0.39, 0.29) is 11.6 Å². The first-order chi connectivity index (χ1) is 22.4. The Hall–Kier alpha value is -5.38. The fraction of sp³-hybridized carbons (Fsp3) is 0.0556. The molecule has 0 saturated carbocycles.